The van der Waals surface area contributed by atoms with Gasteiger partial charge >= 0.3 is 0 Å². The van der Waals surface area contributed by atoms with Gasteiger partial charge in [0.05, 0.1) is 0 Å². The molecule has 0 aliphatic carbocycles. The molecule has 0 nitrogen and oxygen atoms in total. The predicted molar refractivity (Wildman–Crippen MR) is 0 cm³/mol. The molecular formula is Cl2V2-2. The maximum Gasteiger partial charge on any atom is 0 e. The van der Waals surface area contributed by atoms with Crippen LogP contribution in [0.25, 0.3) is 0 Å². The van der Waals surface area contributed by atoms with Crippen LogP contribution in [-0.4, -0.2) is 0 Å². The molecule has 4 heavy (non-hydrogen) atoms. The topological polar surface area (TPSA) is 0 Å². The van der Waals surface area contributed by atoms with Crippen molar-refractivity contribution in [2.24, 2.45) is 0 Å². The average molecular weight is 173 g/mol. The van der Waals surface area contributed by atoms with Crippen LogP contribution in [0.5, 0.6) is 0 Å². The van der Waals surface area contributed by atoms with Gasteiger partial charge in [0.25, 0.3) is 0 Å². The van der Waals surface area contributed by atoms with Crippen LogP contribution < -0.4 is 24.8 Å². The van der Waals surface area contributed by atoms with Gasteiger partial charge in [0, 0.05) is 37.1 Å². The van der Waals surface area contributed by atoms with Gasteiger partial charge in [0.1, 0.15) is 0 Å². The molecule has 0 aliphatic heterocycles. The third-order valence-corrected chi connectivity index (χ3v) is 0. The van der Waals surface area contributed by atoms with Gasteiger partial charge in [-0.3, -0.25) is 0 Å². The summed E-state index contributed by atoms with van der Waals surface area (Å²) in [4.78, 5) is 0. The van der Waals surface area contributed by atoms with E-state index in [9.17, 15) is 0 Å². The quantitative estimate of drug-likeness (QED) is 0.342. The molecule has 0 rings (SSSR count). The van der Waals surface area contributed by atoms with E-state index in [0.717, 1.165) is 0 Å². The molecule has 0 aromatic carbocycles. The second-order valence-corrected chi connectivity index (χ2v) is 0. The molecule has 2 radical (unpaired) electrons. The first-order chi connectivity index (χ1) is 0. The van der Waals surface area contributed by atoms with Crippen LogP contribution in [0.1, 0.15) is 0 Å². The van der Waals surface area contributed by atoms with E-state index in [1.165, 1.54) is 0 Å². The van der Waals surface area contributed by atoms with Gasteiger partial charge in [-0.05, 0) is 0 Å². The van der Waals surface area contributed by atoms with E-state index in [1.54, 1.807) is 0 Å². The van der Waals surface area contributed by atoms with E-state index in [1.807, 2.05) is 0 Å². The van der Waals surface area contributed by atoms with E-state index < -0.39 is 0 Å². The van der Waals surface area contributed by atoms with Crippen molar-refractivity contribution in [2.45, 2.75) is 0 Å². The summed E-state index contributed by atoms with van der Waals surface area (Å²) in [5.74, 6) is 0. The summed E-state index contributed by atoms with van der Waals surface area (Å²) in [6.45, 7) is 0. The zero-order valence-corrected chi connectivity index (χ0v) is 5.96. The first kappa shape index (κ1) is 42.4. The Hall–Kier alpha value is 1.75. The van der Waals surface area contributed by atoms with Gasteiger partial charge in [-0.1, -0.05) is 0 Å². The fourth-order valence-electron chi connectivity index (χ4n) is 0. The van der Waals surface area contributed by atoms with Gasteiger partial charge in [-0.15, -0.1) is 0 Å². The van der Waals surface area contributed by atoms with Crippen LogP contribution in [0, 0.1) is 0 Å². The van der Waals surface area contributed by atoms with Crippen LogP contribution in [0.3, 0.4) is 0 Å². The third-order valence-electron chi connectivity index (χ3n) is 0. The van der Waals surface area contributed by atoms with Crippen LogP contribution in [0.2, 0.25) is 0 Å². The maximum absolute atomic E-state index is 0. The molecule has 4 heteroatoms. The van der Waals surface area contributed by atoms with Crippen molar-refractivity contribution in [3.05, 3.63) is 0 Å². The Kier molecular flexibility index (Phi) is 231. The zero-order valence-electron chi connectivity index (χ0n) is 1.65. The SMILES string of the molecule is [Cl-].[Cl-].[V].[V]. The second-order valence-electron chi connectivity index (χ2n) is 0. The van der Waals surface area contributed by atoms with E-state index >= 15 is 0 Å². The summed E-state index contributed by atoms with van der Waals surface area (Å²) in [6.07, 6.45) is 0. The summed E-state index contributed by atoms with van der Waals surface area (Å²) >= 11 is 0. The van der Waals surface area contributed by atoms with Crippen molar-refractivity contribution >= 4 is 0 Å². The van der Waals surface area contributed by atoms with Gasteiger partial charge in [0.2, 0.25) is 0 Å². The Morgan fingerprint density at radius 3 is 0.500 bits per heavy atom. The van der Waals surface area contributed by atoms with Gasteiger partial charge < -0.3 is 24.8 Å². The zero-order chi connectivity index (χ0) is 0. The molecular weight excluding hydrogens is 173 g/mol. The predicted octanol–water partition coefficient (Wildman–Crippen LogP) is -6.00. The molecule has 0 saturated heterocycles. The number of halogens is 2. The summed E-state index contributed by atoms with van der Waals surface area (Å²) in [7, 11) is 0. The molecule has 0 bridgehead atoms. The molecule has 0 fully saturated rings. The van der Waals surface area contributed by atoms with Crippen LogP contribution in [0.4, 0.5) is 0 Å². The maximum atomic E-state index is 0. The molecule has 0 atom stereocenters. The van der Waals surface area contributed by atoms with Crippen molar-refractivity contribution in [1.29, 1.82) is 0 Å². The van der Waals surface area contributed by atoms with Crippen molar-refractivity contribution < 1.29 is 61.9 Å². The van der Waals surface area contributed by atoms with Gasteiger partial charge in [-0.2, -0.15) is 0 Å². The minimum Gasteiger partial charge on any atom is -1.00 e. The Labute approximate surface area is 61.7 Å². The first-order valence-corrected chi connectivity index (χ1v) is 0. The Balaban J connectivity index is 0. The molecule has 0 aliphatic rings. The molecule has 0 aromatic heterocycles. The molecule has 0 spiro atoms. The summed E-state index contributed by atoms with van der Waals surface area (Å²) in [5, 5.41) is 0. The number of hydrogen-bond donors (Lipinski definition) is 0. The van der Waals surface area contributed by atoms with Crippen molar-refractivity contribution in [1.82, 2.24) is 0 Å². The summed E-state index contributed by atoms with van der Waals surface area (Å²) < 4.78 is 0. The molecule has 0 amide bonds. The van der Waals surface area contributed by atoms with Crippen molar-refractivity contribution in [2.75, 3.05) is 0 Å². The van der Waals surface area contributed by atoms with Gasteiger partial charge in [-0.25, -0.2) is 0 Å². The minimum atomic E-state index is 0. The van der Waals surface area contributed by atoms with E-state index in [4.69, 9.17) is 0 Å². The fraction of sp³-hybridized carbons (Fsp3) is 0. The fourth-order valence-corrected chi connectivity index (χ4v) is 0. The molecule has 0 heterocycles. The van der Waals surface area contributed by atoms with Crippen molar-refractivity contribution in [3.8, 4) is 0 Å². The average Bonchev–Trinajstić information content (AvgIpc) is 0. The monoisotopic (exact) mass is 172 g/mol. The van der Waals surface area contributed by atoms with Crippen LogP contribution in [-0.2, 0) is 37.1 Å². The smallest absolute Gasteiger partial charge is 0 e. The van der Waals surface area contributed by atoms with E-state index in [0.29, 0.717) is 0 Å². The Morgan fingerprint density at radius 2 is 0.500 bits per heavy atom. The molecule has 0 saturated carbocycles. The van der Waals surface area contributed by atoms with Crippen LogP contribution >= 0.6 is 0 Å². The van der Waals surface area contributed by atoms with E-state index in [2.05, 4.69) is 0 Å². The standard InChI is InChI=1S/2ClH.2V/h2*1H;;/p-2. The minimum absolute atomic E-state index is 0. The second kappa shape index (κ2) is 21.8. The van der Waals surface area contributed by atoms with E-state index in [-0.39, 0.29) is 61.9 Å². The number of hydrogen-bond acceptors (Lipinski definition) is 0. The molecule has 26 valence electrons. The largest absolute Gasteiger partial charge is 1.00 e. The molecule has 0 N–H and O–H groups in total. The molecule has 0 aromatic rings. The Morgan fingerprint density at radius 1 is 0.500 bits per heavy atom. The van der Waals surface area contributed by atoms with Crippen molar-refractivity contribution in [3.63, 3.8) is 0 Å². The third kappa shape index (κ3) is 9.26. The number of rotatable bonds is 0. The van der Waals surface area contributed by atoms with Crippen LogP contribution in [0.15, 0.2) is 0 Å². The summed E-state index contributed by atoms with van der Waals surface area (Å²) in [6, 6.07) is 0. The first-order valence-electron chi connectivity index (χ1n) is 0. The Bertz CT molecular complexity index is 4.00. The normalized spacial score (nSPS) is 0. The summed E-state index contributed by atoms with van der Waals surface area (Å²) in [5.41, 5.74) is 0. The molecule has 0 unspecified atom stereocenters. The van der Waals surface area contributed by atoms with Gasteiger partial charge in [0.15, 0.2) is 0 Å².